The van der Waals surface area contributed by atoms with Gasteiger partial charge in [-0.1, -0.05) is 44.2 Å². The van der Waals surface area contributed by atoms with E-state index in [1.54, 1.807) is 12.3 Å². The Bertz CT molecular complexity index is 1210. The number of aromatic nitrogens is 1. The van der Waals surface area contributed by atoms with E-state index < -0.39 is 4.92 Å². The predicted octanol–water partition coefficient (Wildman–Crippen LogP) is 6.51. The molecule has 0 N–H and O–H groups in total. The number of benzene rings is 2. The van der Waals surface area contributed by atoms with Crippen LogP contribution in [0.4, 0.5) is 10.7 Å². The van der Waals surface area contributed by atoms with Crippen molar-refractivity contribution >= 4 is 39.3 Å². The summed E-state index contributed by atoms with van der Waals surface area (Å²) >= 11 is 1.09. The van der Waals surface area contributed by atoms with Gasteiger partial charge in [-0.25, -0.2) is 4.98 Å². The first-order chi connectivity index (χ1) is 13.8. The largest absolute Gasteiger partial charge is 0.436 e. The molecule has 0 spiro atoms. The minimum atomic E-state index is -0.404. The fraction of sp³-hybridized carbons (Fsp3) is 0.182. The van der Waals surface area contributed by atoms with Crippen LogP contribution in [0.1, 0.15) is 31.2 Å². The average Bonchev–Trinajstić information content (AvgIpc) is 3.32. The molecule has 0 aliphatic rings. The normalized spacial score (nSPS) is 12.1. The van der Waals surface area contributed by atoms with Crippen LogP contribution in [0.3, 0.4) is 0 Å². The molecule has 7 heteroatoms. The Morgan fingerprint density at radius 2 is 1.86 bits per heavy atom. The standard InChI is InChI=1S/C22H19N3O3S/c1-22(2,3)15-6-4-14(5-7-15)21-24-18-12-16(8-10-19(18)28-21)23-13-17-9-11-20(29-17)25(26)27/h4-13H,1-3H3. The Morgan fingerprint density at radius 1 is 1.10 bits per heavy atom. The van der Waals surface area contributed by atoms with E-state index in [0.29, 0.717) is 22.7 Å². The van der Waals surface area contributed by atoms with E-state index in [1.807, 2.05) is 30.3 Å². The van der Waals surface area contributed by atoms with Gasteiger partial charge in [-0.2, -0.15) is 0 Å². The highest BCUT2D eigenvalue weighted by molar-refractivity contribution is 7.16. The van der Waals surface area contributed by atoms with Crippen LogP contribution in [0.2, 0.25) is 0 Å². The first-order valence-electron chi connectivity index (χ1n) is 9.09. The molecule has 0 amide bonds. The van der Waals surface area contributed by atoms with Crippen molar-refractivity contribution in [3.8, 4) is 11.5 Å². The summed E-state index contributed by atoms with van der Waals surface area (Å²) in [6, 6.07) is 16.9. The van der Waals surface area contributed by atoms with Crippen LogP contribution in [0.25, 0.3) is 22.6 Å². The zero-order chi connectivity index (χ0) is 20.6. The summed E-state index contributed by atoms with van der Waals surface area (Å²) in [7, 11) is 0. The number of hydrogen-bond acceptors (Lipinski definition) is 6. The number of fused-ring (bicyclic) bond motifs is 1. The summed E-state index contributed by atoms with van der Waals surface area (Å²) in [5.41, 5.74) is 4.37. The molecule has 0 aliphatic carbocycles. The first kappa shape index (κ1) is 19.0. The van der Waals surface area contributed by atoms with Crippen molar-refractivity contribution in [2.24, 2.45) is 4.99 Å². The molecule has 2 aromatic heterocycles. The second kappa shape index (κ2) is 7.25. The molecule has 0 aliphatic heterocycles. The maximum absolute atomic E-state index is 10.8. The van der Waals surface area contributed by atoms with Gasteiger partial charge < -0.3 is 4.42 Å². The predicted molar refractivity (Wildman–Crippen MR) is 116 cm³/mol. The molecule has 0 fully saturated rings. The van der Waals surface area contributed by atoms with Crippen LogP contribution in [0.5, 0.6) is 0 Å². The monoisotopic (exact) mass is 405 g/mol. The maximum atomic E-state index is 10.8. The number of hydrogen-bond donors (Lipinski definition) is 0. The topological polar surface area (TPSA) is 81.5 Å². The lowest BCUT2D eigenvalue weighted by atomic mass is 9.87. The minimum absolute atomic E-state index is 0.0930. The van der Waals surface area contributed by atoms with Gasteiger partial charge in [0.15, 0.2) is 5.58 Å². The SMILES string of the molecule is CC(C)(C)c1ccc(-c2nc3cc(N=Cc4ccc([N+](=O)[O-])s4)ccc3o2)cc1. The van der Waals surface area contributed by atoms with Crippen LogP contribution in [-0.2, 0) is 5.41 Å². The highest BCUT2D eigenvalue weighted by Crippen LogP contribution is 2.30. The van der Waals surface area contributed by atoms with Crippen LogP contribution >= 0.6 is 11.3 Å². The van der Waals surface area contributed by atoms with Crippen molar-refractivity contribution in [3.63, 3.8) is 0 Å². The third-order valence-corrected chi connectivity index (χ3v) is 5.47. The molecule has 2 heterocycles. The number of oxazole rings is 1. The molecular formula is C22H19N3O3S. The molecule has 4 aromatic rings. The van der Waals surface area contributed by atoms with E-state index in [1.165, 1.54) is 11.6 Å². The lowest BCUT2D eigenvalue weighted by molar-refractivity contribution is -0.380. The number of rotatable bonds is 4. The quantitative estimate of drug-likeness (QED) is 0.220. The van der Waals surface area contributed by atoms with Crippen LogP contribution < -0.4 is 0 Å². The van der Waals surface area contributed by atoms with Gasteiger partial charge in [0.25, 0.3) is 0 Å². The molecule has 0 unspecified atom stereocenters. The highest BCUT2D eigenvalue weighted by atomic mass is 32.1. The van der Waals surface area contributed by atoms with Gasteiger partial charge in [-0.15, -0.1) is 0 Å². The summed E-state index contributed by atoms with van der Waals surface area (Å²) in [6.45, 7) is 6.54. The van der Waals surface area contributed by atoms with Crippen molar-refractivity contribution in [1.82, 2.24) is 4.98 Å². The Morgan fingerprint density at radius 3 is 2.52 bits per heavy atom. The van der Waals surface area contributed by atoms with E-state index in [4.69, 9.17) is 4.42 Å². The van der Waals surface area contributed by atoms with Gasteiger partial charge in [-0.3, -0.25) is 15.1 Å². The lowest BCUT2D eigenvalue weighted by Gasteiger charge is -2.18. The second-order valence-corrected chi connectivity index (χ2v) is 8.78. The molecule has 2 aromatic carbocycles. The fourth-order valence-corrected chi connectivity index (χ4v) is 3.57. The van der Waals surface area contributed by atoms with Crippen LogP contribution in [0.15, 0.2) is 64.0 Å². The van der Waals surface area contributed by atoms with E-state index in [0.717, 1.165) is 21.8 Å². The molecule has 4 rings (SSSR count). The van der Waals surface area contributed by atoms with Crippen molar-refractivity contribution in [1.29, 1.82) is 0 Å². The molecule has 29 heavy (non-hydrogen) atoms. The molecule has 0 bridgehead atoms. The van der Waals surface area contributed by atoms with Gasteiger partial charge in [0, 0.05) is 17.8 Å². The fourth-order valence-electron chi connectivity index (χ4n) is 2.88. The van der Waals surface area contributed by atoms with Gasteiger partial charge in [-0.05, 0) is 47.4 Å². The summed E-state index contributed by atoms with van der Waals surface area (Å²) in [4.78, 5) is 20.1. The molecular weight excluding hydrogens is 386 g/mol. The Labute approximate surface area is 171 Å². The third kappa shape index (κ3) is 4.09. The van der Waals surface area contributed by atoms with E-state index in [9.17, 15) is 10.1 Å². The van der Waals surface area contributed by atoms with Crippen molar-refractivity contribution in [3.05, 3.63) is 75.2 Å². The van der Waals surface area contributed by atoms with Gasteiger partial charge >= 0.3 is 5.00 Å². The van der Waals surface area contributed by atoms with Crippen molar-refractivity contribution in [2.75, 3.05) is 0 Å². The van der Waals surface area contributed by atoms with Gasteiger partial charge in [0.05, 0.1) is 15.5 Å². The zero-order valence-corrected chi connectivity index (χ0v) is 17.1. The summed E-state index contributed by atoms with van der Waals surface area (Å²) in [5, 5.41) is 10.9. The van der Waals surface area contributed by atoms with Crippen LogP contribution in [0, 0.1) is 10.1 Å². The highest BCUT2D eigenvalue weighted by Gasteiger charge is 2.15. The molecule has 0 saturated carbocycles. The van der Waals surface area contributed by atoms with Crippen molar-refractivity contribution in [2.45, 2.75) is 26.2 Å². The Balaban J connectivity index is 1.59. The average molecular weight is 405 g/mol. The maximum Gasteiger partial charge on any atom is 0.324 e. The molecule has 0 saturated heterocycles. The summed E-state index contributed by atoms with van der Waals surface area (Å²) < 4.78 is 5.89. The number of aliphatic imine (C=N–C) groups is 1. The molecule has 6 nitrogen and oxygen atoms in total. The lowest BCUT2D eigenvalue weighted by Crippen LogP contribution is -2.10. The van der Waals surface area contributed by atoms with E-state index >= 15 is 0 Å². The molecule has 0 radical (unpaired) electrons. The first-order valence-corrected chi connectivity index (χ1v) is 9.91. The van der Waals surface area contributed by atoms with Gasteiger partial charge in [0.1, 0.15) is 5.52 Å². The summed E-state index contributed by atoms with van der Waals surface area (Å²) in [6.07, 6.45) is 1.62. The number of thiophene rings is 1. The second-order valence-electron chi connectivity index (χ2n) is 7.69. The van der Waals surface area contributed by atoms with Crippen LogP contribution in [-0.4, -0.2) is 16.1 Å². The van der Waals surface area contributed by atoms with E-state index in [2.05, 4.69) is 42.9 Å². The minimum Gasteiger partial charge on any atom is -0.436 e. The zero-order valence-electron chi connectivity index (χ0n) is 16.2. The molecule has 0 atom stereocenters. The third-order valence-electron chi connectivity index (χ3n) is 4.50. The number of nitrogens with zero attached hydrogens (tertiary/aromatic N) is 3. The number of nitro groups is 1. The Kier molecular flexibility index (Phi) is 4.76. The smallest absolute Gasteiger partial charge is 0.324 e. The molecule has 146 valence electrons. The van der Waals surface area contributed by atoms with Crippen molar-refractivity contribution < 1.29 is 9.34 Å². The summed E-state index contributed by atoms with van der Waals surface area (Å²) in [5.74, 6) is 0.565. The Hall–Kier alpha value is -3.32. The van der Waals surface area contributed by atoms with Gasteiger partial charge in [0.2, 0.25) is 5.89 Å². The van der Waals surface area contributed by atoms with E-state index in [-0.39, 0.29) is 10.4 Å².